The number of furan rings is 1. The molecule has 0 radical (unpaired) electrons. The maximum Gasteiger partial charge on any atom is 0.169 e. The molecule has 0 aliphatic rings. The summed E-state index contributed by atoms with van der Waals surface area (Å²) < 4.78 is 6.01. The van der Waals surface area contributed by atoms with E-state index in [1.165, 1.54) is 4.88 Å². The molecule has 92 valence electrons. The van der Waals surface area contributed by atoms with Crippen LogP contribution in [-0.2, 0) is 5.41 Å². The minimum Gasteiger partial charge on any atom is -0.451 e. The third kappa shape index (κ3) is 2.81. The first kappa shape index (κ1) is 12.9. The lowest BCUT2D eigenvalue weighted by Gasteiger charge is -2.15. The van der Waals surface area contributed by atoms with Crippen molar-refractivity contribution in [2.24, 2.45) is 0 Å². The average molecular weight is 315 g/mol. The van der Waals surface area contributed by atoms with Gasteiger partial charge in [0, 0.05) is 9.75 Å². The van der Waals surface area contributed by atoms with Gasteiger partial charge in [0.1, 0.15) is 11.9 Å². The highest BCUT2D eigenvalue weighted by Gasteiger charge is 2.21. The van der Waals surface area contributed by atoms with E-state index in [1.807, 2.05) is 6.07 Å². The maximum absolute atomic E-state index is 10.2. The van der Waals surface area contributed by atoms with Gasteiger partial charge < -0.3 is 9.52 Å². The summed E-state index contributed by atoms with van der Waals surface area (Å²) in [5.74, 6) is 0.569. The molecule has 2 nitrogen and oxygen atoms in total. The van der Waals surface area contributed by atoms with Gasteiger partial charge in [0.15, 0.2) is 4.67 Å². The maximum atomic E-state index is 10.2. The molecule has 0 aliphatic carbocycles. The van der Waals surface area contributed by atoms with Gasteiger partial charge in [-0.3, -0.25) is 0 Å². The number of hydrogen-bond donors (Lipinski definition) is 1. The Balaban J connectivity index is 2.26. The second kappa shape index (κ2) is 4.59. The lowest BCUT2D eigenvalue weighted by molar-refractivity contribution is 0.191. The van der Waals surface area contributed by atoms with Crippen LogP contribution >= 0.6 is 27.3 Å². The molecular weight excluding hydrogens is 300 g/mol. The summed E-state index contributed by atoms with van der Waals surface area (Å²) in [6.07, 6.45) is -0.678. The van der Waals surface area contributed by atoms with E-state index in [4.69, 9.17) is 4.42 Å². The summed E-state index contributed by atoms with van der Waals surface area (Å²) >= 11 is 4.86. The minimum atomic E-state index is -0.678. The normalized spacial score (nSPS) is 13.9. The zero-order chi connectivity index (χ0) is 12.6. The van der Waals surface area contributed by atoms with Crippen molar-refractivity contribution in [2.75, 3.05) is 0 Å². The van der Waals surface area contributed by atoms with Crippen molar-refractivity contribution in [1.82, 2.24) is 0 Å². The van der Waals surface area contributed by atoms with Crippen LogP contribution < -0.4 is 0 Å². The Kier molecular flexibility index (Phi) is 3.48. The van der Waals surface area contributed by atoms with Gasteiger partial charge in [-0.15, -0.1) is 11.3 Å². The Hall–Kier alpha value is -0.580. The van der Waals surface area contributed by atoms with Crippen molar-refractivity contribution in [1.29, 1.82) is 0 Å². The summed E-state index contributed by atoms with van der Waals surface area (Å²) in [6, 6.07) is 7.61. The Morgan fingerprint density at radius 2 is 1.94 bits per heavy atom. The van der Waals surface area contributed by atoms with Gasteiger partial charge in [-0.1, -0.05) is 20.8 Å². The molecule has 0 fully saturated rings. The van der Waals surface area contributed by atoms with E-state index in [-0.39, 0.29) is 5.41 Å². The summed E-state index contributed by atoms with van der Waals surface area (Å²) in [4.78, 5) is 2.17. The van der Waals surface area contributed by atoms with Gasteiger partial charge in [-0.2, -0.15) is 0 Å². The van der Waals surface area contributed by atoms with Crippen molar-refractivity contribution < 1.29 is 9.52 Å². The number of aliphatic hydroxyl groups is 1. The predicted molar refractivity (Wildman–Crippen MR) is 73.5 cm³/mol. The van der Waals surface area contributed by atoms with Crippen LogP contribution in [0.3, 0.4) is 0 Å². The molecule has 0 amide bonds. The van der Waals surface area contributed by atoms with E-state index in [2.05, 4.69) is 42.8 Å². The first-order valence-electron chi connectivity index (χ1n) is 5.41. The monoisotopic (exact) mass is 314 g/mol. The molecule has 0 bridgehead atoms. The van der Waals surface area contributed by atoms with Crippen LogP contribution in [0.15, 0.2) is 33.4 Å². The van der Waals surface area contributed by atoms with E-state index in [0.29, 0.717) is 10.4 Å². The van der Waals surface area contributed by atoms with Gasteiger partial charge in [0.25, 0.3) is 0 Å². The molecule has 2 aromatic rings. The predicted octanol–water partition coefficient (Wildman–Crippen LogP) is 4.48. The van der Waals surface area contributed by atoms with Crippen LogP contribution in [0.1, 0.15) is 42.4 Å². The molecular formula is C13H15BrO2S. The van der Waals surface area contributed by atoms with E-state index in [9.17, 15) is 5.11 Å². The number of rotatable bonds is 2. The van der Waals surface area contributed by atoms with Crippen molar-refractivity contribution in [3.05, 3.63) is 44.4 Å². The topological polar surface area (TPSA) is 33.4 Å². The molecule has 17 heavy (non-hydrogen) atoms. The number of hydrogen-bond acceptors (Lipinski definition) is 3. The van der Waals surface area contributed by atoms with Crippen LogP contribution in [0, 0.1) is 0 Å². The minimum absolute atomic E-state index is 0.117. The third-order valence-corrected chi connectivity index (χ3v) is 4.49. The van der Waals surface area contributed by atoms with Crippen LogP contribution in [-0.4, -0.2) is 5.11 Å². The van der Waals surface area contributed by atoms with Gasteiger partial charge in [-0.05, 0) is 45.6 Å². The van der Waals surface area contributed by atoms with E-state index >= 15 is 0 Å². The molecule has 0 saturated carbocycles. The quantitative estimate of drug-likeness (QED) is 0.886. The molecule has 0 saturated heterocycles. The Morgan fingerprint density at radius 1 is 1.24 bits per heavy atom. The highest BCUT2D eigenvalue weighted by atomic mass is 79.9. The Labute approximate surface area is 113 Å². The summed E-state index contributed by atoms with van der Waals surface area (Å²) in [5.41, 5.74) is 0.117. The third-order valence-electron chi connectivity index (χ3n) is 2.50. The average Bonchev–Trinajstić information content (AvgIpc) is 2.83. The Bertz CT molecular complexity index is 507. The lowest BCUT2D eigenvalue weighted by atomic mass is 9.95. The van der Waals surface area contributed by atoms with Crippen molar-refractivity contribution >= 4 is 27.3 Å². The van der Waals surface area contributed by atoms with E-state index < -0.39 is 6.10 Å². The fourth-order valence-electron chi connectivity index (χ4n) is 1.52. The molecule has 0 aromatic carbocycles. The van der Waals surface area contributed by atoms with Crippen molar-refractivity contribution in [3.8, 4) is 0 Å². The molecule has 0 aliphatic heterocycles. The van der Waals surface area contributed by atoms with Crippen LogP contribution in [0.25, 0.3) is 0 Å². The van der Waals surface area contributed by atoms with Crippen LogP contribution in [0.5, 0.6) is 0 Å². The molecule has 1 unspecified atom stereocenters. The molecule has 2 aromatic heterocycles. The molecule has 1 atom stereocenters. The SMILES string of the molecule is CC(C)(C)c1ccc(C(O)c2ccc(Br)o2)s1. The summed E-state index contributed by atoms with van der Waals surface area (Å²) in [7, 11) is 0. The van der Waals surface area contributed by atoms with Crippen molar-refractivity contribution in [3.63, 3.8) is 0 Å². The van der Waals surface area contributed by atoms with Gasteiger partial charge in [0.05, 0.1) is 0 Å². The fraction of sp³-hybridized carbons (Fsp3) is 0.385. The molecule has 0 spiro atoms. The standard InChI is InChI=1S/C13H15BrO2S/c1-13(2,3)10-6-5-9(17-10)12(15)8-4-7-11(14)16-8/h4-7,12,15H,1-3H3. The first-order chi connectivity index (χ1) is 7.88. The lowest BCUT2D eigenvalue weighted by Crippen LogP contribution is -2.07. The van der Waals surface area contributed by atoms with Crippen LogP contribution in [0.2, 0.25) is 0 Å². The van der Waals surface area contributed by atoms with Gasteiger partial charge in [0.2, 0.25) is 0 Å². The summed E-state index contributed by atoms with van der Waals surface area (Å²) in [6.45, 7) is 6.50. The van der Waals surface area contributed by atoms with Crippen LogP contribution in [0.4, 0.5) is 0 Å². The van der Waals surface area contributed by atoms with E-state index in [0.717, 1.165) is 4.88 Å². The molecule has 2 rings (SSSR count). The zero-order valence-electron chi connectivity index (χ0n) is 10.0. The molecule has 4 heteroatoms. The highest BCUT2D eigenvalue weighted by Crippen LogP contribution is 2.35. The fourth-order valence-corrected chi connectivity index (χ4v) is 2.90. The van der Waals surface area contributed by atoms with Gasteiger partial charge in [-0.25, -0.2) is 0 Å². The summed E-state index contributed by atoms with van der Waals surface area (Å²) in [5, 5.41) is 10.2. The smallest absolute Gasteiger partial charge is 0.169 e. The molecule has 2 heterocycles. The largest absolute Gasteiger partial charge is 0.451 e. The second-order valence-corrected chi connectivity index (χ2v) is 6.89. The highest BCUT2D eigenvalue weighted by molar-refractivity contribution is 9.10. The molecule has 1 N–H and O–H groups in total. The Morgan fingerprint density at radius 3 is 2.41 bits per heavy atom. The zero-order valence-corrected chi connectivity index (χ0v) is 12.4. The number of thiophene rings is 1. The van der Waals surface area contributed by atoms with E-state index in [1.54, 1.807) is 23.5 Å². The first-order valence-corrected chi connectivity index (χ1v) is 7.02. The number of halogens is 1. The number of aliphatic hydroxyl groups excluding tert-OH is 1. The second-order valence-electron chi connectivity index (χ2n) is 5.00. The van der Waals surface area contributed by atoms with Crippen molar-refractivity contribution in [2.45, 2.75) is 32.3 Å². The van der Waals surface area contributed by atoms with Gasteiger partial charge >= 0.3 is 0 Å².